The van der Waals surface area contributed by atoms with Gasteiger partial charge in [-0.25, -0.2) is 0 Å². The zero-order valence-corrected chi connectivity index (χ0v) is 14.7. The molecule has 1 heterocycles. The highest BCUT2D eigenvalue weighted by Gasteiger charge is 2.34. The van der Waals surface area contributed by atoms with E-state index in [2.05, 4.69) is 10.6 Å². The SMILES string of the molecule is CCNC(=O)[C@@H]1C[C@@H](NC(=O)CCc2ccc(OC)cc2)CN1C. The summed E-state index contributed by atoms with van der Waals surface area (Å²) in [4.78, 5) is 26.1. The van der Waals surface area contributed by atoms with Crippen molar-refractivity contribution in [2.24, 2.45) is 0 Å². The number of rotatable bonds is 7. The van der Waals surface area contributed by atoms with Crippen LogP contribution in [0.15, 0.2) is 24.3 Å². The van der Waals surface area contributed by atoms with E-state index in [0.717, 1.165) is 11.3 Å². The Kier molecular flexibility index (Phi) is 6.61. The Morgan fingerprint density at radius 2 is 2.00 bits per heavy atom. The van der Waals surface area contributed by atoms with Crippen LogP contribution in [-0.2, 0) is 16.0 Å². The van der Waals surface area contributed by atoms with Crippen molar-refractivity contribution < 1.29 is 14.3 Å². The largest absolute Gasteiger partial charge is 0.497 e. The fraction of sp³-hybridized carbons (Fsp3) is 0.556. The van der Waals surface area contributed by atoms with Crippen molar-refractivity contribution in [3.05, 3.63) is 29.8 Å². The van der Waals surface area contributed by atoms with E-state index in [9.17, 15) is 9.59 Å². The number of nitrogens with zero attached hydrogens (tertiary/aromatic N) is 1. The Morgan fingerprint density at radius 1 is 1.29 bits per heavy atom. The molecule has 0 bridgehead atoms. The Morgan fingerprint density at radius 3 is 2.62 bits per heavy atom. The molecule has 0 aromatic heterocycles. The maximum Gasteiger partial charge on any atom is 0.237 e. The standard InChI is InChI=1S/C18H27N3O3/c1-4-19-18(23)16-11-14(12-21(16)2)20-17(22)10-7-13-5-8-15(24-3)9-6-13/h5-6,8-9,14,16H,4,7,10-12H2,1-3H3,(H,19,23)(H,20,22)/t14-,16+/m1/s1. The average Bonchev–Trinajstić information content (AvgIpc) is 2.94. The number of likely N-dealkylation sites (tertiary alicyclic amines) is 1. The van der Waals surface area contributed by atoms with Crippen LogP contribution >= 0.6 is 0 Å². The molecular weight excluding hydrogens is 306 g/mol. The molecule has 2 amide bonds. The molecule has 24 heavy (non-hydrogen) atoms. The van der Waals surface area contributed by atoms with Gasteiger partial charge in [-0.3, -0.25) is 14.5 Å². The minimum absolute atomic E-state index is 0.0285. The van der Waals surface area contributed by atoms with Crippen LogP contribution in [0.4, 0.5) is 0 Å². The number of benzene rings is 1. The van der Waals surface area contributed by atoms with E-state index < -0.39 is 0 Å². The van der Waals surface area contributed by atoms with Gasteiger partial charge < -0.3 is 15.4 Å². The Bertz CT molecular complexity index is 559. The summed E-state index contributed by atoms with van der Waals surface area (Å²) in [5.41, 5.74) is 1.11. The highest BCUT2D eigenvalue weighted by Crippen LogP contribution is 2.17. The second-order valence-electron chi connectivity index (χ2n) is 6.20. The van der Waals surface area contributed by atoms with Crippen molar-refractivity contribution in [1.29, 1.82) is 0 Å². The fourth-order valence-corrected chi connectivity index (χ4v) is 3.05. The third-order valence-electron chi connectivity index (χ3n) is 4.37. The molecule has 132 valence electrons. The summed E-state index contributed by atoms with van der Waals surface area (Å²) in [6.07, 6.45) is 1.80. The molecule has 6 nitrogen and oxygen atoms in total. The summed E-state index contributed by atoms with van der Waals surface area (Å²) in [5.74, 6) is 0.879. The molecule has 2 N–H and O–H groups in total. The monoisotopic (exact) mass is 333 g/mol. The van der Waals surface area contributed by atoms with Crippen LogP contribution in [0.2, 0.25) is 0 Å². The van der Waals surface area contributed by atoms with Gasteiger partial charge in [0.1, 0.15) is 5.75 Å². The van der Waals surface area contributed by atoms with Gasteiger partial charge in [0.05, 0.1) is 13.2 Å². The van der Waals surface area contributed by atoms with Crippen LogP contribution in [0.5, 0.6) is 5.75 Å². The number of amides is 2. The zero-order chi connectivity index (χ0) is 17.5. The first-order chi connectivity index (χ1) is 11.5. The molecular formula is C18H27N3O3. The number of aryl methyl sites for hydroxylation is 1. The second-order valence-corrected chi connectivity index (χ2v) is 6.20. The van der Waals surface area contributed by atoms with E-state index >= 15 is 0 Å². The van der Waals surface area contributed by atoms with Crippen molar-refractivity contribution in [2.45, 2.75) is 38.3 Å². The van der Waals surface area contributed by atoms with Gasteiger partial charge in [0.25, 0.3) is 0 Å². The molecule has 0 unspecified atom stereocenters. The average molecular weight is 333 g/mol. The van der Waals surface area contributed by atoms with Crippen LogP contribution in [-0.4, -0.2) is 56.0 Å². The summed E-state index contributed by atoms with van der Waals surface area (Å²) >= 11 is 0. The zero-order valence-electron chi connectivity index (χ0n) is 14.7. The number of nitrogens with one attached hydrogen (secondary N) is 2. The lowest BCUT2D eigenvalue weighted by molar-refractivity contribution is -0.125. The predicted molar refractivity (Wildman–Crippen MR) is 93.0 cm³/mol. The lowest BCUT2D eigenvalue weighted by Gasteiger charge is -2.17. The van der Waals surface area contributed by atoms with Crippen LogP contribution in [0.1, 0.15) is 25.3 Å². The van der Waals surface area contributed by atoms with Crippen molar-refractivity contribution in [3.63, 3.8) is 0 Å². The van der Waals surface area contributed by atoms with Crippen molar-refractivity contribution >= 4 is 11.8 Å². The third kappa shape index (κ3) is 4.96. The van der Waals surface area contributed by atoms with Gasteiger partial charge in [0.15, 0.2) is 0 Å². The second kappa shape index (κ2) is 8.68. The van der Waals surface area contributed by atoms with Crippen LogP contribution in [0, 0.1) is 0 Å². The highest BCUT2D eigenvalue weighted by atomic mass is 16.5. The van der Waals surface area contributed by atoms with Gasteiger partial charge in [-0.05, 0) is 44.5 Å². The van der Waals surface area contributed by atoms with Crippen molar-refractivity contribution in [3.8, 4) is 5.75 Å². The molecule has 1 saturated heterocycles. The molecule has 1 aliphatic rings. The molecule has 1 aliphatic heterocycles. The number of hydrogen-bond donors (Lipinski definition) is 2. The normalized spacial score (nSPS) is 20.6. The van der Waals surface area contributed by atoms with E-state index in [4.69, 9.17) is 4.74 Å². The van der Waals surface area contributed by atoms with E-state index in [-0.39, 0.29) is 23.9 Å². The van der Waals surface area contributed by atoms with Gasteiger partial charge >= 0.3 is 0 Å². The van der Waals surface area contributed by atoms with Gasteiger partial charge in [0, 0.05) is 25.6 Å². The van der Waals surface area contributed by atoms with Crippen LogP contribution in [0.3, 0.4) is 0 Å². The number of methoxy groups -OCH3 is 1. The van der Waals surface area contributed by atoms with E-state index in [0.29, 0.717) is 32.4 Å². The number of carbonyl (C=O) groups excluding carboxylic acids is 2. The summed E-state index contributed by atoms with van der Waals surface area (Å²) < 4.78 is 5.12. The van der Waals surface area contributed by atoms with Crippen LogP contribution < -0.4 is 15.4 Å². The Hall–Kier alpha value is -2.08. The minimum Gasteiger partial charge on any atom is -0.497 e. The molecule has 0 radical (unpaired) electrons. The Balaban J connectivity index is 1.77. The number of ether oxygens (including phenoxy) is 1. The first kappa shape index (κ1) is 18.3. The third-order valence-corrected chi connectivity index (χ3v) is 4.37. The smallest absolute Gasteiger partial charge is 0.237 e. The topological polar surface area (TPSA) is 70.7 Å². The summed E-state index contributed by atoms with van der Waals surface area (Å²) in [6.45, 7) is 3.24. The first-order valence-corrected chi connectivity index (χ1v) is 8.43. The van der Waals surface area contributed by atoms with E-state index in [1.165, 1.54) is 0 Å². The molecule has 1 fully saturated rings. The summed E-state index contributed by atoms with van der Waals surface area (Å²) in [5, 5.41) is 5.89. The maximum absolute atomic E-state index is 12.1. The number of carbonyl (C=O) groups is 2. The Labute approximate surface area is 143 Å². The molecule has 2 rings (SSSR count). The fourth-order valence-electron chi connectivity index (χ4n) is 3.05. The molecule has 1 aromatic rings. The summed E-state index contributed by atoms with van der Waals surface area (Å²) in [7, 11) is 3.55. The van der Waals surface area contributed by atoms with Crippen molar-refractivity contribution in [2.75, 3.05) is 27.2 Å². The van der Waals surface area contributed by atoms with Gasteiger partial charge in [-0.1, -0.05) is 12.1 Å². The molecule has 0 spiro atoms. The lowest BCUT2D eigenvalue weighted by Crippen LogP contribution is -2.41. The lowest BCUT2D eigenvalue weighted by atomic mass is 10.1. The molecule has 0 saturated carbocycles. The van der Waals surface area contributed by atoms with E-state index in [1.807, 2.05) is 43.1 Å². The molecule has 6 heteroatoms. The first-order valence-electron chi connectivity index (χ1n) is 8.43. The van der Waals surface area contributed by atoms with Gasteiger partial charge in [-0.2, -0.15) is 0 Å². The highest BCUT2D eigenvalue weighted by molar-refractivity contribution is 5.82. The maximum atomic E-state index is 12.1. The number of likely N-dealkylation sites (N-methyl/N-ethyl adjacent to an activating group) is 2. The molecule has 1 aromatic carbocycles. The quantitative estimate of drug-likeness (QED) is 0.779. The number of hydrogen-bond acceptors (Lipinski definition) is 4. The molecule has 2 atom stereocenters. The van der Waals surface area contributed by atoms with Crippen LogP contribution in [0.25, 0.3) is 0 Å². The van der Waals surface area contributed by atoms with E-state index in [1.54, 1.807) is 7.11 Å². The minimum atomic E-state index is -0.156. The van der Waals surface area contributed by atoms with Gasteiger partial charge in [0.2, 0.25) is 11.8 Å². The van der Waals surface area contributed by atoms with Gasteiger partial charge in [-0.15, -0.1) is 0 Å². The predicted octanol–water partition coefficient (Wildman–Crippen LogP) is 0.953. The van der Waals surface area contributed by atoms with Crippen molar-refractivity contribution in [1.82, 2.24) is 15.5 Å². The summed E-state index contributed by atoms with van der Waals surface area (Å²) in [6, 6.07) is 7.62. The molecule has 0 aliphatic carbocycles.